The molecule has 1 aromatic carbocycles. The van der Waals surface area contributed by atoms with Crippen molar-refractivity contribution >= 4 is 17.5 Å². The van der Waals surface area contributed by atoms with Crippen LogP contribution in [0.5, 0.6) is 0 Å². The summed E-state index contributed by atoms with van der Waals surface area (Å²) in [7, 11) is 0. The van der Waals surface area contributed by atoms with E-state index in [1.807, 2.05) is 24.3 Å². The Labute approximate surface area is 143 Å². The number of hydrogen-bond donors (Lipinski definition) is 1. The zero-order valence-corrected chi connectivity index (χ0v) is 14.3. The smallest absolute Gasteiger partial charge is 0.251 e. The molecule has 128 valence electrons. The largest absolute Gasteiger partial charge is 0.349 e. The average Bonchev–Trinajstić information content (AvgIpc) is 3.31. The van der Waals surface area contributed by atoms with Crippen molar-refractivity contribution in [2.75, 3.05) is 11.4 Å². The maximum Gasteiger partial charge on any atom is 0.251 e. The lowest BCUT2D eigenvalue weighted by Crippen LogP contribution is -2.40. The Morgan fingerprint density at radius 2 is 2.00 bits per heavy atom. The normalized spacial score (nSPS) is 30.0. The van der Waals surface area contributed by atoms with Crippen LogP contribution in [0.15, 0.2) is 24.3 Å². The summed E-state index contributed by atoms with van der Waals surface area (Å²) in [6.07, 6.45) is 6.92. The summed E-state index contributed by atoms with van der Waals surface area (Å²) in [5, 5.41) is 3.20. The number of rotatable bonds is 4. The number of amides is 2. The predicted molar refractivity (Wildman–Crippen MR) is 93.9 cm³/mol. The van der Waals surface area contributed by atoms with E-state index in [1.54, 1.807) is 4.90 Å². The minimum Gasteiger partial charge on any atom is -0.349 e. The number of anilines is 1. The summed E-state index contributed by atoms with van der Waals surface area (Å²) in [5.74, 6) is 2.54. The molecule has 0 spiro atoms. The van der Waals surface area contributed by atoms with Gasteiger partial charge in [0.1, 0.15) is 0 Å². The Morgan fingerprint density at radius 3 is 2.58 bits per heavy atom. The molecular weight excluding hydrogens is 300 g/mol. The van der Waals surface area contributed by atoms with E-state index >= 15 is 0 Å². The number of benzene rings is 1. The molecule has 1 aliphatic heterocycles. The van der Waals surface area contributed by atoms with E-state index in [2.05, 4.69) is 12.2 Å². The van der Waals surface area contributed by atoms with Crippen LogP contribution in [-0.2, 0) is 4.79 Å². The first-order chi connectivity index (χ1) is 11.6. The van der Waals surface area contributed by atoms with Crippen LogP contribution in [0.3, 0.4) is 0 Å². The lowest BCUT2D eigenvalue weighted by Gasteiger charge is -2.28. The number of carbonyl (C=O) groups excluding carboxylic acids is 2. The third-order valence-corrected chi connectivity index (χ3v) is 6.31. The van der Waals surface area contributed by atoms with Gasteiger partial charge in [0, 0.05) is 30.3 Å². The maximum atomic E-state index is 12.5. The molecule has 24 heavy (non-hydrogen) atoms. The van der Waals surface area contributed by atoms with Crippen molar-refractivity contribution in [2.45, 2.75) is 51.5 Å². The molecule has 0 unspecified atom stereocenters. The fourth-order valence-corrected chi connectivity index (χ4v) is 5.02. The highest BCUT2D eigenvalue weighted by atomic mass is 16.2. The standard InChI is InChI=1S/C20H26N2O2/c1-13(18-12-14-4-5-16(18)11-14)21-20(24)15-6-8-17(9-7-15)22-10-2-3-19(22)23/h6-9,13-14,16,18H,2-5,10-12H2,1H3,(H,21,24)/t13-,14+,16+,18-/m1/s1. The Balaban J connectivity index is 1.38. The van der Waals surface area contributed by atoms with Crippen molar-refractivity contribution in [1.82, 2.24) is 5.32 Å². The van der Waals surface area contributed by atoms with Gasteiger partial charge < -0.3 is 10.2 Å². The van der Waals surface area contributed by atoms with E-state index in [-0.39, 0.29) is 17.9 Å². The second-order valence-electron chi connectivity index (χ2n) is 7.80. The molecule has 2 amide bonds. The van der Waals surface area contributed by atoms with Crippen LogP contribution in [0, 0.1) is 17.8 Å². The first-order valence-electron chi connectivity index (χ1n) is 9.33. The molecule has 4 heteroatoms. The summed E-state index contributed by atoms with van der Waals surface area (Å²) in [6, 6.07) is 7.70. The Morgan fingerprint density at radius 1 is 1.21 bits per heavy atom. The average molecular weight is 326 g/mol. The van der Waals surface area contributed by atoms with Crippen LogP contribution in [0.1, 0.15) is 55.8 Å². The van der Waals surface area contributed by atoms with Crippen LogP contribution >= 0.6 is 0 Å². The lowest BCUT2D eigenvalue weighted by molar-refractivity contribution is -0.117. The number of nitrogens with zero attached hydrogens (tertiary/aromatic N) is 1. The van der Waals surface area contributed by atoms with Crippen molar-refractivity contribution in [3.8, 4) is 0 Å². The van der Waals surface area contributed by atoms with Gasteiger partial charge in [-0.15, -0.1) is 0 Å². The first kappa shape index (κ1) is 15.7. The van der Waals surface area contributed by atoms with Gasteiger partial charge in [0.25, 0.3) is 5.91 Å². The van der Waals surface area contributed by atoms with Crippen molar-refractivity contribution in [1.29, 1.82) is 0 Å². The van der Waals surface area contributed by atoms with E-state index in [4.69, 9.17) is 0 Å². The van der Waals surface area contributed by atoms with Crippen molar-refractivity contribution in [3.63, 3.8) is 0 Å². The van der Waals surface area contributed by atoms with Crippen molar-refractivity contribution in [3.05, 3.63) is 29.8 Å². The Bertz CT molecular complexity index is 640. The monoisotopic (exact) mass is 326 g/mol. The molecule has 0 radical (unpaired) electrons. The molecule has 4 nitrogen and oxygen atoms in total. The number of nitrogens with one attached hydrogen (secondary N) is 1. The van der Waals surface area contributed by atoms with E-state index in [1.165, 1.54) is 25.7 Å². The van der Waals surface area contributed by atoms with Gasteiger partial charge in [0.05, 0.1) is 0 Å². The summed E-state index contributed by atoms with van der Waals surface area (Å²) in [4.78, 5) is 26.1. The molecule has 4 atom stereocenters. The van der Waals surface area contributed by atoms with Crippen LogP contribution < -0.4 is 10.2 Å². The van der Waals surface area contributed by atoms with E-state index in [0.717, 1.165) is 30.5 Å². The highest BCUT2D eigenvalue weighted by molar-refractivity contribution is 5.97. The van der Waals surface area contributed by atoms with Gasteiger partial charge in [-0.1, -0.05) is 6.42 Å². The van der Waals surface area contributed by atoms with Crippen molar-refractivity contribution < 1.29 is 9.59 Å². The molecule has 0 aromatic heterocycles. The van der Waals surface area contributed by atoms with Gasteiger partial charge in [-0.3, -0.25) is 9.59 Å². The summed E-state index contributed by atoms with van der Waals surface area (Å²) in [6.45, 7) is 2.94. The Hall–Kier alpha value is -1.84. The van der Waals surface area contributed by atoms with E-state index in [0.29, 0.717) is 17.9 Å². The van der Waals surface area contributed by atoms with Crippen molar-refractivity contribution in [2.24, 2.45) is 17.8 Å². The number of carbonyl (C=O) groups is 2. The highest BCUT2D eigenvalue weighted by Crippen LogP contribution is 2.49. The molecule has 1 aromatic rings. The highest BCUT2D eigenvalue weighted by Gasteiger charge is 2.42. The molecule has 2 aliphatic carbocycles. The zero-order chi connectivity index (χ0) is 16.7. The van der Waals surface area contributed by atoms with E-state index in [9.17, 15) is 9.59 Å². The summed E-state index contributed by atoms with van der Waals surface area (Å²) < 4.78 is 0. The van der Waals surface area contributed by atoms with E-state index < -0.39 is 0 Å². The molecule has 4 rings (SSSR count). The molecular formula is C20H26N2O2. The SMILES string of the molecule is C[C@@H](NC(=O)c1ccc(N2CCCC2=O)cc1)[C@H]1C[C@H]2CC[C@H]1C2. The van der Waals surface area contributed by atoms with Crippen LogP contribution in [0.4, 0.5) is 5.69 Å². The molecule has 1 N–H and O–H groups in total. The topological polar surface area (TPSA) is 49.4 Å². The minimum atomic E-state index is 0.00423. The first-order valence-corrected chi connectivity index (χ1v) is 9.33. The molecule has 1 heterocycles. The van der Waals surface area contributed by atoms with Crippen LogP contribution in [-0.4, -0.2) is 24.4 Å². The molecule has 1 saturated heterocycles. The summed E-state index contributed by atoms with van der Waals surface area (Å²) in [5.41, 5.74) is 1.58. The molecule has 3 fully saturated rings. The second-order valence-corrected chi connectivity index (χ2v) is 7.80. The molecule has 2 saturated carbocycles. The van der Waals surface area contributed by atoms with Gasteiger partial charge in [-0.05, 0) is 74.6 Å². The quantitative estimate of drug-likeness (QED) is 0.922. The van der Waals surface area contributed by atoms with Gasteiger partial charge in [0.2, 0.25) is 5.91 Å². The van der Waals surface area contributed by atoms with Gasteiger partial charge in [-0.2, -0.15) is 0 Å². The fourth-order valence-electron chi connectivity index (χ4n) is 5.02. The number of fused-ring (bicyclic) bond motifs is 2. The fraction of sp³-hybridized carbons (Fsp3) is 0.600. The van der Waals surface area contributed by atoms with Crippen LogP contribution in [0.2, 0.25) is 0 Å². The van der Waals surface area contributed by atoms with Gasteiger partial charge in [0.15, 0.2) is 0 Å². The maximum absolute atomic E-state index is 12.5. The minimum absolute atomic E-state index is 0.00423. The lowest BCUT2D eigenvalue weighted by atomic mass is 9.84. The Kier molecular flexibility index (Phi) is 4.07. The number of hydrogen-bond acceptors (Lipinski definition) is 2. The zero-order valence-electron chi connectivity index (χ0n) is 14.3. The predicted octanol–water partition coefficient (Wildman–Crippen LogP) is 3.37. The molecule has 3 aliphatic rings. The van der Waals surface area contributed by atoms with Gasteiger partial charge in [-0.25, -0.2) is 0 Å². The van der Waals surface area contributed by atoms with Crippen LogP contribution in [0.25, 0.3) is 0 Å². The third-order valence-electron chi connectivity index (χ3n) is 6.31. The second kappa shape index (κ2) is 6.23. The summed E-state index contributed by atoms with van der Waals surface area (Å²) >= 11 is 0. The van der Waals surface area contributed by atoms with Gasteiger partial charge >= 0.3 is 0 Å². The third kappa shape index (κ3) is 2.83. The molecule has 2 bridgehead atoms.